The van der Waals surface area contributed by atoms with Gasteiger partial charge in [0.2, 0.25) is 0 Å². The summed E-state index contributed by atoms with van der Waals surface area (Å²) in [4.78, 5) is 26.9. The third kappa shape index (κ3) is 3.76. The van der Waals surface area contributed by atoms with Gasteiger partial charge in [0.15, 0.2) is 0 Å². The van der Waals surface area contributed by atoms with Crippen LogP contribution in [0.5, 0.6) is 5.75 Å². The molecule has 2 aliphatic heterocycles. The normalized spacial score (nSPS) is 20.9. The van der Waals surface area contributed by atoms with E-state index in [-0.39, 0.29) is 6.03 Å². The summed E-state index contributed by atoms with van der Waals surface area (Å²) < 4.78 is 10.3. The van der Waals surface area contributed by atoms with E-state index < -0.39 is 12.0 Å². The third-order valence-electron chi connectivity index (χ3n) is 4.57. The number of amides is 2. The van der Waals surface area contributed by atoms with Gasteiger partial charge >= 0.3 is 12.0 Å². The Morgan fingerprint density at radius 1 is 1.28 bits per heavy atom. The lowest BCUT2D eigenvalue weighted by molar-refractivity contribution is -0.136. The van der Waals surface area contributed by atoms with Crippen molar-refractivity contribution < 1.29 is 19.1 Å². The first-order chi connectivity index (χ1) is 12.1. The third-order valence-corrected chi connectivity index (χ3v) is 4.57. The minimum absolute atomic E-state index is 0.324. The molecule has 134 valence electrons. The molecular formula is C18H23N3O4. The van der Waals surface area contributed by atoms with E-state index in [0.717, 1.165) is 31.5 Å². The number of urea groups is 1. The number of methoxy groups -OCH3 is 2. The van der Waals surface area contributed by atoms with Crippen molar-refractivity contribution in [2.24, 2.45) is 0 Å². The maximum absolute atomic E-state index is 12.5. The van der Waals surface area contributed by atoms with E-state index in [4.69, 9.17) is 9.47 Å². The molecule has 2 amide bonds. The fourth-order valence-electron chi connectivity index (χ4n) is 3.33. The fraction of sp³-hybridized carbons (Fsp3) is 0.444. The number of rotatable bonds is 5. The number of carbonyl (C=O) groups is 2. The molecule has 1 aromatic carbocycles. The molecule has 0 bridgehead atoms. The van der Waals surface area contributed by atoms with Gasteiger partial charge in [-0.25, -0.2) is 9.59 Å². The quantitative estimate of drug-likeness (QED) is 0.792. The summed E-state index contributed by atoms with van der Waals surface area (Å²) in [5.74, 6) is 0.213. The average Bonchev–Trinajstić information content (AvgIpc) is 3.13. The lowest BCUT2D eigenvalue weighted by Crippen LogP contribution is -2.48. The zero-order valence-corrected chi connectivity index (χ0v) is 14.5. The molecule has 25 heavy (non-hydrogen) atoms. The van der Waals surface area contributed by atoms with E-state index in [1.165, 1.54) is 7.11 Å². The van der Waals surface area contributed by atoms with E-state index >= 15 is 0 Å². The Hall–Kier alpha value is -2.54. The zero-order chi connectivity index (χ0) is 17.8. The van der Waals surface area contributed by atoms with Crippen LogP contribution in [0, 0.1) is 0 Å². The van der Waals surface area contributed by atoms with Crippen molar-refractivity contribution in [2.75, 3.05) is 33.9 Å². The predicted molar refractivity (Wildman–Crippen MR) is 92.1 cm³/mol. The number of nitrogens with zero attached hydrogens (tertiary/aromatic N) is 1. The molecule has 1 aromatic rings. The summed E-state index contributed by atoms with van der Waals surface area (Å²) in [6, 6.07) is 6.42. The van der Waals surface area contributed by atoms with Gasteiger partial charge in [-0.1, -0.05) is 12.1 Å². The number of hydrogen-bond acceptors (Lipinski definition) is 5. The van der Waals surface area contributed by atoms with Crippen LogP contribution in [-0.2, 0) is 9.53 Å². The fourth-order valence-corrected chi connectivity index (χ4v) is 3.33. The molecule has 1 fully saturated rings. The smallest absolute Gasteiger partial charge is 0.338 e. The van der Waals surface area contributed by atoms with Crippen molar-refractivity contribution in [3.8, 4) is 5.75 Å². The molecule has 0 radical (unpaired) electrons. The van der Waals surface area contributed by atoms with Gasteiger partial charge in [-0.05, 0) is 43.6 Å². The van der Waals surface area contributed by atoms with Crippen LogP contribution in [0.1, 0.15) is 24.4 Å². The van der Waals surface area contributed by atoms with Crippen LogP contribution >= 0.6 is 0 Å². The van der Waals surface area contributed by atoms with E-state index in [0.29, 0.717) is 23.6 Å². The highest BCUT2D eigenvalue weighted by atomic mass is 16.5. The summed E-state index contributed by atoms with van der Waals surface area (Å²) in [5, 5.41) is 5.61. The molecule has 0 spiro atoms. The average molecular weight is 345 g/mol. The van der Waals surface area contributed by atoms with E-state index in [2.05, 4.69) is 15.5 Å². The van der Waals surface area contributed by atoms with Crippen LogP contribution in [0.25, 0.3) is 0 Å². The van der Waals surface area contributed by atoms with E-state index in [1.54, 1.807) is 7.11 Å². The molecule has 3 rings (SSSR count). The van der Waals surface area contributed by atoms with Crippen molar-refractivity contribution in [3.05, 3.63) is 41.1 Å². The van der Waals surface area contributed by atoms with Crippen molar-refractivity contribution in [3.63, 3.8) is 0 Å². The Morgan fingerprint density at radius 3 is 2.72 bits per heavy atom. The molecule has 0 saturated carbocycles. The minimum atomic E-state index is -0.575. The first-order valence-corrected chi connectivity index (χ1v) is 8.37. The largest absolute Gasteiger partial charge is 0.497 e. The second-order valence-corrected chi connectivity index (χ2v) is 6.18. The highest BCUT2D eigenvalue weighted by Crippen LogP contribution is 2.30. The van der Waals surface area contributed by atoms with Crippen LogP contribution in [-0.4, -0.2) is 50.8 Å². The molecule has 1 saturated heterocycles. The Bertz CT molecular complexity index is 695. The number of likely N-dealkylation sites (tertiary alicyclic amines) is 1. The molecule has 7 nitrogen and oxygen atoms in total. The summed E-state index contributed by atoms with van der Waals surface area (Å²) in [5.41, 5.74) is 1.81. The number of benzene rings is 1. The van der Waals surface area contributed by atoms with Crippen molar-refractivity contribution in [2.45, 2.75) is 18.9 Å². The van der Waals surface area contributed by atoms with Crippen LogP contribution in [0.2, 0.25) is 0 Å². The van der Waals surface area contributed by atoms with Crippen LogP contribution in [0.15, 0.2) is 35.5 Å². The van der Waals surface area contributed by atoms with Gasteiger partial charge in [0.25, 0.3) is 0 Å². The maximum Gasteiger partial charge on any atom is 0.338 e. The van der Waals surface area contributed by atoms with Gasteiger partial charge in [0.1, 0.15) is 5.75 Å². The summed E-state index contributed by atoms with van der Waals surface area (Å²) in [6.45, 7) is 2.45. The lowest BCUT2D eigenvalue weighted by atomic mass is 9.95. The van der Waals surface area contributed by atoms with Crippen molar-refractivity contribution >= 4 is 12.0 Å². The lowest BCUT2D eigenvalue weighted by Gasteiger charge is -2.31. The Kier molecular flexibility index (Phi) is 5.23. The van der Waals surface area contributed by atoms with Crippen LogP contribution in [0.4, 0.5) is 4.79 Å². The number of ether oxygens (including phenoxy) is 2. The Morgan fingerprint density at radius 2 is 2.04 bits per heavy atom. The minimum Gasteiger partial charge on any atom is -0.497 e. The molecule has 0 aliphatic carbocycles. The zero-order valence-electron chi connectivity index (χ0n) is 14.5. The van der Waals surface area contributed by atoms with Crippen LogP contribution in [0.3, 0.4) is 0 Å². The number of nitrogens with one attached hydrogen (secondary N) is 2. The summed E-state index contributed by atoms with van der Waals surface area (Å²) >= 11 is 0. The molecule has 7 heteroatoms. The van der Waals surface area contributed by atoms with E-state index in [9.17, 15) is 9.59 Å². The van der Waals surface area contributed by atoms with Gasteiger partial charge in [-0.3, -0.25) is 4.90 Å². The standard InChI is InChI=1S/C18H23N3O4/c1-24-13-7-5-6-12(10-13)16-15(17(22)25-2)14(19-18(23)20-16)11-21-8-3-4-9-21/h5-7,10,16H,3-4,8-9,11H2,1-2H3,(H2,19,20,23)/t16-/m0/s1. The topological polar surface area (TPSA) is 79.9 Å². The second kappa shape index (κ2) is 7.57. The first-order valence-electron chi connectivity index (χ1n) is 8.37. The maximum atomic E-state index is 12.5. The predicted octanol–water partition coefficient (Wildman–Crippen LogP) is 1.57. The van der Waals surface area contributed by atoms with Crippen LogP contribution < -0.4 is 15.4 Å². The molecule has 2 N–H and O–H groups in total. The number of hydrogen-bond donors (Lipinski definition) is 2. The number of esters is 1. The highest BCUT2D eigenvalue weighted by Gasteiger charge is 2.34. The molecule has 2 heterocycles. The monoisotopic (exact) mass is 345 g/mol. The molecule has 2 aliphatic rings. The second-order valence-electron chi connectivity index (χ2n) is 6.18. The van der Waals surface area contributed by atoms with Crippen molar-refractivity contribution in [1.29, 1.82) is 0 Å². The molecule has 0 unspecified atom stereocenters. The van der Waals surface area contributed by atoms with Gasteiger partial charge < -0.3 is 20.1 Å². The summed E-state index contributed by atoms with van der Waals surface area (Å²) in [7, 11) is 2.93. The Balaban J connectivity index is 2.00. The summed E-state index contributed by atoms with van der Waals surface area (Å²) in [6.07, 6.45) is 2.26. The molecular weight excluding hydrogens is 322 g/mol. The first kappa shape index (κ1) is 17.3. The van der Waals surface area contributed by atoms with Crippen molar-refractivity contribution in [1.82, 2.24) is 15.5 Å². The SMILES string of the molecule is COC(=O)C1=C(CN2CCCC2)NC(=O)N[C@H]1c1cccc(OC)c1. The Labute approximate surface area is 147 Å². The van der Waals surface area contributed by atoms with Gasteiger partial charge in [-0.15, -0.1) is 0 Å². The van der Waals surface area contributed by atoms with E-state index in [1.807, 2.05) is 24.3 Å². The van der Waals surface area contributed by atoms with Gasteiger partial charge in [0, 0.05) is 12.2 Å². The van der Waals surface area contributed by atoms with Gasteiger partial charge in [-0.2, -0.15) is 0 Å². The highest BCUT2D eigenvalue weighted by molar-refractivity contribution is 5.95. The molecule has 0 aromatic heterocycles. The number of carbonyl (C=O) groups excluding carboxylic acids is 2. The van der Waals surface area contributed by atoms with Gasteiger partial charge in [0.05, 0.1) is 25.8 Å². The molecule has 1 atom stereocenters.